The maximum atomic E-state index is 6.74. The van der Waals surface area contributed by atoms with Crippen LogP contribution < -0.4 is 10.2 Å². The third-order valence-corrected chi connectivity index (χ3v) is 7.01. The summed E-state index contributed by atoms with van der Waals surface area (Å²) in [5.74, 6) is 0.966. The Hall–Kier alpha value is -2.29. The minimum Gasteiger partial charge on any atom is -0.353 e. The van der Waals surface area contributed by atoms with Crippen LogP contribution in [0, 0.1) is 0 Å². The molecule has 3 aromatic heterocycles. The topological polar surface area (TPSA) is 89.6 Å². The Morgan fingerprint density at radius 2 is 2.00 bits per heavy atom. The predicted molar refractivity (Wildman–Crippen MR) is 113 cm³/mol. The van der Waals surface area contributed by atoms with Crippen LogP contribution in [-0.2, 0) is 6.42 Å². The SMILES string of the molecule is CCC1=C(Cl)c2c(nc(Sc3cnc4nccnc4c3)nc2N2CC3NC3C2)C1. The molecule has 3 aliphatic rings. The van der Waals surface area contributed by atoms with Gasteiger partial charge in [-0.3, -0.25) is 4.98 Å². The van der Waals surface area contributed by atoms with E-state index in [-0.39, 0.29) is 0 Å². The van der Waals surface area contributed by atoms with E-state index in [0.29, 0.717) is 17.7 Å². The molecule has 0 saturated carbocycles. The van der Waals surface area contributed by atoms with Crippen molar-refractivity contribution in [2.24, 2.45) is 0 Å². The fourth-order valence-electron chi connectivity index (χ4n) is 4.14. The first-order chi connectivity index (χ1) is 14.2. The molecule has 7 nitrogen and oxygen atoms in total. The van der Waals surface area contributed by atoms with Crippen LogP contribution in [0.3, 0.4) is 0 Å². The van der Waals surface area contributed by atoms with Gasteiger partial charge in [-0.05, 0) is 29.8 Å². The summed E-state index contributed by atoms with van der Waals surface area (Å²) < 4.78 is 0. The first kappa shape index (κ1) is 17.6. The molecule has 2 fully saturated rings. The van der Waals surface area contributed by atoms with Crippen molar-refractivity contribution in [3.63, 3.8) is 0 Å². The first-order valence-corrected chi connectivity index (χ1v) is 10.9. The number of hydrogen-bond acceptors (Lipinski definition) is 8. The van der Waals surface area contributed by atoms with Gasteiger partial charge >= 0.3 is 0 Å². The first-order valence-electron chi connectivity index (χ1n) is 9.74. The summed E-state index contributed by atoms with van der Waals surface area (Å²) in [4.78, 5) is 26.1. The molecule has 2 saturated heterocycles. The van der Waals surface area contributed by atoms with E-state index in [0.717, 1.165) is 63.6 Å². The van der Waals surface area contributed by atoms with E-state index in [1.807, 2.05) is 6.07 Å². The van der Waals surface area contributed by atoms with E-state index in [1.54, 1.807) is 18.6 Å². The highest BCUT2D eigenvalue weighted by molar-refractivity contribution is 7.99. The Morgan fingerprint density at radius 1 is 1.17 bits per heavy atom. The third-order valence-electron chi connectivity index (χ3n) is 5.73. The van der Waals surface area contributed by atoms with E-state index in [4.69, 9.17) is 21.6 Å². The summed E-state index contributed by atoms with van der Waals surface area (Å²) in [6.45, 7) is 4.08. The van der Waals surface area contributed by atoms with Crippen LogP contribution in [0.4, 0.5) is 5.82 Å². The molecule has 0 radical (unpaired) electrons. The maximum absolute atomic E-state index is 6.74. The second-order valence-electron chi connectivity index (χ2n) is 7.56. The lowest BCUT2D eigenvalue weighted by molar-refractivity contribution is 0.782. The van der Waals surface area contributed by atoms with E-state index >= 15 is 0 Å². The zero-order chi connectivity index (χ0) is 19.5. The number of nitrogens with one attached hydrogen (secondary N) is 1. The van der Waals surface area contributed by atoms with Gasteiger partial charge in [0.15, 0.2) is 10.8 Å². The Morgan fingerprint density at radius 3 is 2.83 bits per heavy atom. The minimum absolute atomic E-state index is 0.579. The summed E-state index contributed by atoms with van der Waals surface area (Å²) in [5, 5.41) is 5.04. The molecular weight excluding hydrogens is 406 g/mol. The van der Waals surface area contributed by atoms with Crippen molar-refractivity contribution >= 4 is 45.4 Å². The fourth-order valence-corrected chi connectivity index (χ4v) is 5.31. The van der Waals surface area contributed by atoms with Crippen LogP contribution in [0.5, 0.6) is 0 Å². The van der Waals surface area contributed by atoms with Gasteiger partial charge in [-0.2, -0.15) is 0 Å². The highest BCUT2D eigenvalue weighted by Gasteiger charge is 2.46. The van der Waals surface area contributed by atoms with Crippen molar-refractivity contribution in [3.8, 4) is 0 Å². The number of nitrogens with zero attached hydrogens (tertiary/aromatic N) is 6. The molecule has 0 spiro atoms. The molecule has 146 valence electrons. The zero-order valence-electron chi connectivity index (χ0n) is 15.8. The second-order valence-corrected chi connectivity index (χ2v) is 8.97. The van der Waals surface area contributed by atoms with Gasteiger partial charge in [-0.25, -0.2) is 19.9 Å². The van der Waals surface area contributed by atoms with Crippen molar-refractivity contribution in [2.45, 2.75) is 41.9 Å². The van der Waals surface area contributed by atoms with Crippen LogP contribution in [0.2, 0.25) is 0 Å². The number of anilines is 1. The van der Waals surface area contributed by atoms with Crippen molar-refractivity contribution in [1.82, 2.24) is 30.2 Å². The van der Waals surface area contributed by atoms with Crippen molar-refractivity contribution in [2.75, 3.05) is 18.0 Å². The maximum Gasteiger partial charge on any atom is 0.194 e. The van der Waals surface area contributed by atoms with Gasteiger partial charge in [0.05, 0.1) is 16.3 Å². The molecule has 0 bridgehead atoms. The molecule has 5 heterocycles. The Balaban J connectivity index is 1.39. The number of pyridine rings is 1. The monoisotopic (exact) mass is 423 g/mol. The molecule has 1 N–H and O–H groups in total. The average Bonchev–Trinajstić information content (AvgIpc) is 3.21. The molecule has 6 rings (SSSR count). The Kier molecular flexibility index (Phi) is 4.01. The van der Waals surface area contributed by atoms with Gasteiger partial charge < -0.3 is 10.2 Å². The van der Waals surface area contributed by atoms with Crippen molar-refractivity contribution < 1.29 is 0 Å². The van der Waals surface area contributed by atoms with Crippen LogP contribution in [0.15, 0.2) is 40.3 Å². The Bertz CT molecular complexity index is 1170. The van der Waals surface area contributed by atoms with E-state index < -0.39 is 0 Å². The third kappa shape index (κ3) is 2.97. The summed E-state index contributed by atoms with van der Waals surface area (Å²) in [6.07, 6.45) is 6.85. The zero-order valence-corrected chi connectivity index (χ0v) is 17.3. The highest BCUT2D eigenvalue weighted by Crippen LogP contribution is 2.43. The van der Waals surface area contributed by atoms with Gasteiger partial charge in [0.2, 0.25) is 0 Å². The summed E-state index contributed by atoms with van der Waals surface area (Å²) in [7, 11) is 0. The number of hydrogen-bond donors (Lipinski definition) is 1. The number of rotatable bonds is 4. The smallest absolute Gasteiger partial charge is 0.194 e. The summed E-state index contributed by atoms with van der Waals surface area (Å²) in [5.41, 5.74) is 4.70. The average molecular weight is 424 g/mol. The largest absolute Gasteiger partial charge is 0.353 e. The number of halogens is 1. The molecule has 2 aliphatic heterocycles. The predicted octanol–water partition coefficient (Wildman–Crippen LogP) is 3.04. The molecule has 2 atom stereocenters. The second kappa shape index (κ2) is 6.62. The van der Waals surface area contributed by atoms with Crippen molar-refractivity contribution in [3.05, 3.63) is 41.5 Å². The minimum atomic E-state index is 0.579. The van der Waals surface area contributed by atoms with Gasteiger partial charge in [0.1, 0.15) is 11.3 Å². The van der Waals surface area contributed by atoms with Gasteiger partial charge in [0.25, 0.3) is 0 Å². The number of aromatic nitrogens is 5. The molecule has 0 amide bonds. The lowest BCUT2D eigenvalue weighted by atomic mass is 10.2. The number of allylic oxidation sites excluding steroid dienone is 1. The quantitative estimate of drug-likeness (QED) is 0.506. The molecule has 3 aromatic rings. The highest BCUT2D eigenvalue weighted by atomic mass is 35.5. The Labute approximate surface area is 177 Å². The number of piperazine rings is 1. The lowest BCUT2D eigenvalue weighted by Crippen LogP contribution is -2.29. The fraction of sp³-hybridized carbons (Fsp3) is 0.350. The van der Waals surface area contributed by atoms with E-state index in [2.05, 4.69) is 32.1 Å². The normalized spacial score (nSPS) is 22.3. The van der Waals surface area contributed by atoms with Crippen molar-refractivity contribution in [1.29, 1.82) is 0 Å². The summed E-state index contributed by atoms with van der Waals surface area (Å²) >= 11 is 8.25. The molecule has 29 heavy (non-hydrogen) atoms. The van der Waals surface area contributed by atoms with E-state index in [9.17, 15) is 0 Å². The van der Waals surface area contributed by atoms with E-state index in [1.165, 1.54) is 17.3 Å². The van der Waals surface area contributed by atoms with Crippen LogP contribution in [0.25, 0.3) is 16.2 Å². The standard InChI is InChI=1S/C20H18ClN7S/c1-2-10-5-12-16(17(10)21)19(28-8-14-15(9-28)25-14)27-20(26-12)29-11-6-13-18(24-7-11)23-4-3-22-13/h3-4,6-7,14-15,25H,2,5,8-9H2,1H3. The lowest BCUT2D eigenvalue weighted by Gasteiger charge is -2.22. The van der Waals surface area contributed by atoms with Gasteiger partial charge in [-0.15, -0.1) is 0 Å². The molecule has 9 heteroatoms. The van der Waals surface area contributed by atoms with Crippen LogP contribution in [0.1, 0.15) is 24.6 Å². The van der Waals surface area contributed by atoms with Gasteiger partial charge in [0, 0.05) is 55.1 Å². The van der Waals surface area contributed by atoms with Gasteiger partial charge in [-0.1, -0.05) is 18.5 Å². The molecule has 0 aromatic carbocycles. The van der Waals surface area contributed by atoms with Crippen LogP contribution in [-0.4, -0.2) is 50.1 Å². The van der Waals surface area contributed by atoms with Crippen LogP contribution >= 0.6 is 23.4 Å². The molecule has 1 aliphatic carbocycles. The summed E-state index contributed by atoms with van der Waals surface area (Å²) in [6, 6.07) is 3.14. The molecular formula is C20H18ClN7S. The molecule has 2 unspecified atom stereocenters. The number of fused-ring (bicyclic) bond motifs is 3.